The zero-order chi connectivity index (χ0) is 20.9. The normalized spacial score (nSPS) is 25.7. The van der Waals surface area contributed by atoms with Crippen molar-refractivity contribution in [2.24, 2.45) is 5.41 Å². The largest absolute Gasteiger partial charge is 0.273 e. The van der Waals surface area contributed by atoms with Crippen molar-refractivity contribution < 1.29 is 18.8 Å². The van der Waals surface area contributed by atoms with E-state index in [2.05, 4.69) is 0 Å². The van der Waals surface area contributed by atoms with Crippen molar-refractivity contribution in [2.45, 2.75) is 19.1 Å². The van der Waals surface area contributed by atoms with Gasteiger partial charge in [0.2, 0.25) is 5.91 Å². The van der Waals surface area contributed by atoms with Gasteiger partial charge >= 0.3 is 0 Å². The van der Waals surface area contributed by atoms with E-state index in [0.29, 0.717) is 5.69 Å². The summed E-state index contributed by atoms with van der Waals surface area (Å²) in [5, 5.41) is 1.66. The van der Waals surface area contributed by atoms with Crippen molar-refractivity contribution >= 4 is 23.2 Å². The molecule has 2 aliphatic rings. The maximum absolute atomic E-state index is 13.7. The number of amides is 2. The van der Waals surface area contributed by atoms with Crippen LogP contribution in [0.2, 0.25) is 0 Å². The van der Waals surface area contributed by atoms with Crippen molar-refractivity contribution in [3.63, 3.8) is 0 Å². The summed E-state index contributed by atoms with van der Waals surface area (Å²) in [6, 6.07) is 23.8. The highest BCUT2D eigenvalue weighted by atomic mass is 19.1. The molecule has 3 unspecified atom stereocenters. The van der Waals surface area contributed by atoms with E-state index in [1.807, 2.05) is 60.7 Å². The van der Waals surface area contributed by atoms with Gasteiger partial charge in [-0.2, -0.15) is 0 Å². The number of hydrogen-bond acceptors (Lipinski definition) is 4. The fourth-order valence-corrected chi connectivity index (χ4v) is 4.40. The second-order valence-corrected chi connectivity index (χ2v) is 7.70. The molecule has 2 aliphatic heterocycles. The van der Waals surface area contributed by atoms with Crippen LogP contribution >= 0.6 is 0 Å². The van der Waals surface area contributed by atoms with Gasteiger partial charge in [-0.3, -0.25) is 14.4 Å². The van der Waals surface area contributed by atoms with Crippen LogP contribution in [0, 0.1) is 11.2 Å². The molecule has 0 aromatic heterocycles. The lowest BCUT2D eigenvalue weighted by atomic mass is 9.76. The van der Waals surface area contributed by atoms with Crippen LogP contribution in [0.15, 0.2) is 84.9 Å². The Morgan fingerprint density at radius 1 is 0.833 bits per heavy atom. The average Bonchev–Trinajstić information content (AvgIpc) is 3.19. The number of halogens is 1. The third-order valence-corrected chi connectivity index (χ3v) is 5.89. The monoisotopic (exact) mass is 402 g/mol. The van der Waals surface area contributed by atoms with Crippen molar-refractivity contribution in [1.29, 1.82) is 0 Å². The highest BCUT2D eigenvalue weighted by Crippen LogP contribution is 2.55. The number of hydroxylamine groups is 1. The minimum Gasteiger partial charge on any atom is -0.273 e. The summed E-state index contributed by atoms with van der Waals surface area (Å²) in [4.78, 5) is 34.2. The first-order valence-electron chi connectivity index (χ1n) is 9.72. The predicted molar refractivity (Wildman–Crippen MR) is 110 cm³/mol. The Hall–Kier alpha value is -3.51. The van der Waals surface area contributed by atoms with Crippen LogP contribution in [0.1, 0.15) is 18.5 Å². The summed E-state index contributed by atoms with van der Waals surface area (Å²) in [6.45, 7) is 1.77. The predicted octanol–water partition coefficient (Wildman–Crippen LogP) is 4.27. The highest BCUT2D eigenvalue weighted by Gasteiger charge is 2.68. The molecule has 0 N–H and O–H groups in total. The summed E-state index contributed by atoms with van der Waals surface area (Å²) < 4.78 is 13.4. The Kier molecular flexibility index (Phi) is 4.18. The molecule has 2 fully saturated rings. The smallest absolute Gasteiger partial charge is 0.266 e. The summed E-state index contributed by atoms with van der Waals surface area (Å²) >= 11 is 0. The fraction of sp³-hybridized carbons (Fsp3) is 0.167. The maximum Gasteiger partial charge on any atom is 0.266 e. The fourth-order valence-electron chi connectivity index (χ4n) is 4.40. The van der Waals surface area contributed by atoms with E-state index in [4.69, 9.17) is 4.84 Å². The van der Waals surface area contributed by atoms with Gasteiger partial charge in [-0.05, 0) is 48.9 Å². The lowest BCUT2D eigenvalue weighted by Crippen LogP contribution is -2.41. The van der Waals surface area contributed by atoms with E-state index in [-0.39, 0.29) is 5.91 Å². The molecule has 0 spiro atoms. The molecule has 5 nitrogen and oxygen atoms in total. The van der Waals surface area contributed by atoms with Gasteiger partial charge in [0.05, 0.1) is 17.4 Å². The van der Waals surface area contributed by atoms with Gasteiger partial charge in [0.15, 0.2) is 6.10 Å². The lowest BCUT2D eigenvalue weighted by Gasteiger charge is -2.32. The third kappa shape index (κ3) is 2.57. The molecule has 2 heterocycles. The quantitative estimate of drug-likeness (QED) is 0.614. The lowest BCUT2D eigenvalue weighted by molar-refractivity contribution is -0.128. The molecule has 150 valence electrons. The van der Waals surface area contributed by atoms with Crippen LogP contribution in [0.3, 0.4) is 0 Å². The average molecular weight is 402 g/mol. The van der Waals surface area contributed by atoms with Gasteiger partial charge in [-0.25, -0.2) is 14.4 Å². The van der Waals surface area contributed by atoms with E-state index in [0.717, 1.165) is 16.2 Å². The Labute approximate surface area is 173 Å². The van der Waals surface area contributed by atoms with E-state index in [9.17, 15) is 14.0 Å². The molecule has 2 saturated heterocycles. The van der Waals surface area contributed by atoms with Gasteiger partial charge in [-0.1, -0.05) is 48.5 Å². The number of anilines is 2. The minimum absolute atomic E-state index is 0.337. The number of rotatable bonds is 3. The molecular weight excluding hydrogens is 383 g/mol. The summed E-state index contributed by atoms with van der Waals surface area (Å²) in [5.41, 5.74) is 0.816. The Balaban J connectivity index is 1.63. The number of carbonyl (C=O) groups excluding carboxylic acids is 2. The zero-order valence-corrected chi connectivity index (χ0v) is 16.2. The molecule has 3 aromatic carbocycles. The Bertz CT molecular complexity index is 1100. The molecule has 0 saturated carbocycles. The number of fused-ring (bicyclic) bond motifs is 1. The SMILES string of the molecule is CC12C(=O)N(c3ccc(F)cc3)C(=O)C1ON(c1ccccc1)C2c1ccccc1. The molecule has 0 bridgehead atoms. The molecule has 0 radical (unpaired) electrons. The third-order valence-electron chi connectivity index (χ3n) is 5.89. The Morgan fingerprint density at radius 3 is 2.07 bits per heavy atom. The molecule has 3 atom stereocenters. The first-order valence-corrected chi connectivity index (χ1v) is 9.72. The number of benzene rings is 3. The van der Waals surface area contributed by atoms with Crippen LogP contribution in [-0.2, 0) is 14.4 Å². The first-order chi connectivity index (χ1) is 14.5. The maximum atomic E-state index is 13.7. The summed E-state index contributed by atoms with van der Waals surface area (Å²) in [7, 11) is 0. The van der Waals surface area contributed by atoms with Crippen molar-refractivity contribution in [1.82, 2.24) is 0 Å². The van der Waals surface area contributed by atoms with E-state index < -0.39 is 29.3 Å². The number of nitrogens with zero attached hydrogens (tertiary/aromatic N) is 2. The second kappa shape index (κ2) is 6.78. The van der Waals surface area contributed by atoms with Gasteiger partial charge < -0.3 is 0 Å². The van der Waals surface area contributed by atoms with Gasteiger partial charge in [0.25, 0.3) is 5.91 Å². The van der Waals surface area contributed by atoms with Crippen molar-refractivity contribution in [3.8, 4) is 0 Å². The molecular formula is C24H19FN2O3. The van der Waals surface area contributed by atoms with Crippen LogP contribution in [0.25, 0.3) is 0 Å². The number of imide groups is 1. The molecule has 2 amide bonds. The van der Waals surface area contributed by atoms with Gasteiger partial charge in [0.1, 0.15) is 11.2 Å². The van der Waals surface area contributed by atoms with Crippen LogP contribution in [-0.4, -0.2) is 17.9 Å². The molecule has 5 rings (SSSR count). The standard InChI is InChI=1S/C24H19FN2O3/c1-24-20(16-8-4-2-5-9-16)27(19-10-6-3-7-11-19)30-21(24)22(28)26(23(24)29)18-14-12-17(25)13-15-18/h2-15,20-21H,1H3. The van der Waals surface area contributed by atoms with Gasteiger partial charge in [0, 0.05) is 0 Å². The molecule has 6 heteroatoms. The van der Waals surface area contributed by atoms with E-state index in [1.165, 1.54) is 24.3 Å². The summed E-state index contributed by atoms with van der Waals surface area (Å²) in [5.74, 6) is -1.25. The molecule has 30 heavy (non-hydrogen) atoms. The summed E-state index contributed by atoms with van der Waals surface area (Å²) in [6.07, 6.45) is -0.986. The van der Waals surface area contributed by atoms with Crippen LogP contribution in [0.5, 0.6) is 0 Å². The van der Waals surface area contributed by atoms with Gasteiger partial charge in [-0.15, -0.1) is 0 Å². The number of carbonyl (C=O) groups is 2. The van der Waals surface area contributed by atoms with E-state index in [1.54, 1.807) is 12.0 Å². The minimum atomic E-state index is -1.15. The topological polar surface area (TPSA) is 49.9 Å². The Morgan fingerprint density at radius 2 is 1.43 bits per heavy atom. The van der Waals surface area contributed by atoms with Crippen molar-refractivity contribution in [3.05, 3.63) is 96.3 Å². The number of para-hydroxylation sites is 1. The molecule has 3 aromatic rings. The van der Waals surface area contributed by atoms with E-state index >= 15 is 0 Å². The first kappa shape index (κ1) is 18.5. The zero-order valence-electron chi connectivity index (χ0n) is 16.2. The van der Waals surface area contributed by atoms with Crippen LogP contribution < -0.4 is 9.96 Å². The second-order valence-electron chi connectivity index (χ2n) is 7.70. The number of hydrogen-bond donors (Lipinski definition) is 0. The highest BCUT2D eigenvalue weighted by molar-refractivity contribution is 6.25. The van der Waals surface area contributed by atoms with Crippen molar-refractivity contribution in [2.75, 3.05) is 9.96 Å². The van der Waals surface area contributed by atoms with Crippen LogP contribution in [0.4, 0.5) is 15.8 Å². The molecule has 0 aliphatic carbocycles.